The largest absolute Gasteiger partial charge is 0.394 e. The predicted molar refractivity (Wildman–Crippen MR) is 61.3 cm³/mol. The average molecular weight is 225 g/mol. The lowest BCUT2D eigenvalue weighted by Crippen LogP contribution is -2.38. The van der Waals surface area contributed by atoms with Crippen LogP contribution in [0.2, 0.25) is 0 Å². The Balaban J connectivity index is 2.95. The topological polar surface area (TPSA) is 58.4 Å². The van der Waals surface area contributed by atoms with Crippen molar-refractivity contribution in [2.45, 2.75) is 33.4 Å². The van der Waals surface area contributed by atoms with Crippen LogP contribution in [0.4, 0.5) is 0 Å². The summed E-state index contributed by atoms with van der Waals surface area (Å²) < 4.78 is 1.68. The van der Waals surface area contributed by atoms with E-state index in [2.05, 4.69) is 5.10 Å². The highest BCUT2D eigenvalue weighted by atomic mass is 16.3. The number of aromatic nitrogens is 2. The van der Waals surface area contributed by atoms with E-state index in [0.29, 0.717) is 12.2 Å². The average Bonchev–Trinajstić information content (AvgIpc) is 2.67. The minimum atomic E-state index is -0.187. The molecule has 0 aromatic carbocycles. The SMILES string of the molecule is CCn1nc(C)cc1C(=O)N(C)C(C)CO. The van der Waals surface area contributed by atoms with Crippen LogP contribution in [0.15, 0.2) is 6.07 Å². The summed E-state index contributed by atoms with van der Waals surface area (Å²) in [7, 11) is 1.69. The first-order chi connectivity index (χ1) is 7.51. The normalized spacial score (nSPS) is 12.6. The van der Waals surface area contributed by atoms with Gasteiger partial charge in [-0.05, 0) is 26.8 Å². The molecule has 1 amide bonds. The van der Waals surface area contributed by atoms with E-state index in [0.717, 1.165) is 5.69 Å². The third-order valence-corrected chi connectivity index (χ3v) is 2.67. The zero-order valence-corrected chi connectivity index (χ0v) is 10.3. The molecule has 0 bridgehead atoms. The summed E-state index contributed by atoms with van der Waals surface area (Å²) in [6.45, 7) is 6.23. The second-order valence-corrected chi connectivity index (χ2v) is 3.93. The Kier molecular flexibility index (Phi) is 4.06. The van der Waals surface area contributed by atoms with Gasteiger partial charge in [0, 0.05) is 13.6 Å². The van der Waals surface area contributed by atoms with Crippen molar-refractivity contribution >= 4 is 5.91 Å². The highest BCUT2D eigenvalue weighted by molar-refractivity contribution is 5.92. The fraction of sp³-hybridized carbons (Fsp3) is 0.636. The van der Waals surface area contributed by atoms with Crippen LogP contribution in [0.1, 0.15) is 30.0 Å². The van der Waals surface area contributed by atoms with Crippen LogP contribution in [0, 0.1) is 6.92 Å². The number of hydrogen-bond donors (Lipinski definition) is 1. The summed E-state index contributed by atoms with van der Waals surface area (Å²) in [5.74, 6) is -0.107. The molecule has 90 valence electrons. The summed E-state index contributed by atoms with van der Waals surface area (Å²) in [5, 5.41) is 13.2. The number of aliphatic hydroxyl groups is 1. The summed E-state index contributed by atoms with van der Waals surface area (Å²) in [4.78, 5) is 13.6. The fourth-order valence-electron chi connectivity index (χ4n) is 1.46. The summed E-state index contributed by atoms with van der Waals surface area (Å²) >= 11 is 0. The molecule has 5 heteroatoms. The maximum Gasteiger partial charge on any atom is 0.272 e. The number of aryl methyl sites for hydroxylation is 2. The molecule has 1 unspecified atom stereocenters. The van der Waals surface area contributed by atoms with Crippen LogP contribution < -0.4 is 0 Å². The van der Waals surface area contributed by atoms with Crippen LogP contribution in [0.5, 0.6) is 0 Å². The number of aliphatic hydroxyl groups excluding tert-OH is 1. The molecule has 0 saturated carbocycles. The van der Waals surface area contributed by atoms with Gasteiger partial charge in [0.1, 0.15) is 5.69 Å². The molecule has 5 nitrogen and oxygen atoms in total. The number of carbonyl (C=O) groups is 1. The van der Waals surface area contributed by atoms with Crippen molar-refractivity contribution in [1.29, 1.82) is 0 Å². The Bertz CT molecular complexity index is 373. The Morgan fingerprint density at radius 2 is 2.31 bits per heavy atom. The first kappa shape index (κ1) is 12.7. The van der Waals surface area contributed by atoms with Crippen LogP contribution in [0.25, 0.3) is 0 Å². The minimum absolute atomic E-state index is 0.0402. The van der Waals surface area contributed by atoms with Crippen molar-refractivity contribution in [1.82, 2.24) is 14.7 Å². The lowest BCUT2D eigenvalue weighted by Gasteiger charge is -2.23. The maximum atomic E-state index is 12.1. The quantitative estimate of drug-likeness (QED) is 0.819. The summed E-state index contributed by atoms with van der Waals surface area (Å²) in [5.41, 5.74) is 1.40. The van der Waals surface area contributed by atoms with Gasteiger partial charge in [0.2, 0.25) is 0 Å². The zero-order valence-electron chi connectivity index (χ0n) is 10.3. The van der Waals surface area contributed by atoms with Gasteiger partial charge in [-0.1, -0.05) is 0 Å². The molecule has 0 aliphatic heterocycles. The standard InChI is InChI=1S/C11H19N3O2/c1-5-14-10(6-8(2)12-14)11(16)13(4)9(3)7-15/h6,9,15H,5,7H2,1-4H3. The van der Waals surface area contributed by atoms with Crippen LogP contribution in [0.3, 0.4) is 0 Å². The Morgan fingerprint density at radius 1 is 1.69 bits per heavy atom. The third kappa shape index (κ3) is 2.41. The Labute approximate surface area is 95.7 Å². The van der Waals surface area contributed by atoms with E-state index < -0.39 is 0 Å². The molecule has 16 heavy (non-hydrogen) atoms. The zero-order chi connectivity index (χ0) is 12.3. The monoisotopic (exact) mass is 225 g/mol. The number of amides is 1. The van der Waals surface area contributed by atoms with Gasteiger partial charge in [-0.3, -0.25) is 9.48 Å². The number of carbonyl (C=O) groups excluding carboxylic acids is 1. The molecule has 0 fully saturated rings. The van der Waals surface area contributed by atoms with E-state index in [-0.39, 0.29) is 18.6 Å². The molecule has 1 N–H and O–H groups in total. The van der Waals surface area contributed by atoms with Crippen LogP contribution >= 0.6 is 0 Å². The van der Waals surface area contributed by atoms with E-state index in [1.807, 2.05) is 13.8 Å². The van der Waals surface area contributed by atoms with Gasteiger partial charge in [0.25, 0.3) is 5.91 Å². The molecular formula is C11H19N3O2. The number of nitrogens with zero attached hydrogens (tertiary/aromatic N) is 3. The van der Waals surface area contributed by atoms with Gasteiger partial charge in [-0.25, -0.2) is 0 Å². The molecule has 0 aliphatic carbocycles. The van der Waals surface area contributed by atoms with Gasteiger partial charge in [-0.2, -0.15) is 5.10 Å². The number of likely N-dealkylation sites (N-methyl/N-ethyl adjacent to an activating group) is 1. The smallest absolute Gasteiger partial charge is 0.272 e. The molecule has 1 aromatic heterocycles. The van der Waals surface area contributed by atoms with Crippen molar-refractivity contribution in [2.75, 3.05) is 13.7 Å². The summed E-state index contributed by atoms with van der Waals surface area (Å²) in [6.07, 6.45) is 0. The van der Waals surface area contributed by atoms with Crippen molar-refractivity contribution < 1.29 is 9.90 Å². The molecule has 0 saturated heterocycles. The van der Waals surface area contributed by atoms with Gasteiger partial charge < -0.3 is 10.0 Å². The van der Waals surface area contributed by atoms with Crippen molar-refractivity contribution in [3.05, 3.63) is 17.5 Å². The Morgan fingerprint density at radius 3 is 2.81 bits per heavy atom. The predicted octanol–water partition coefficient (Wildman–Crippen LogP) is 0.664. The van der Waals surface area contributed by atoms with E-state index in [1.54, 1.807) is 24.7 Å². The number of rotatable bonds is 4. The van der Waals surface area contributed by atoms with Crippen molar-refractivity contribution in [3.63, 3.8) is 0 Å². The molecule has 1 atom stereocenters. The molecule has 1 aromatic rings. The highest BCUT2D eigenvalue weighted by Crippen LogP contribution is 2.09. The summed E-state index contributed by atoms with van der Waals surface area (Å²) in [6, 6.07) is 1.58. The first-order valence-corrected chi connectivity index (χ1v) is 5.43. The van der Waals surface area contributed by atoms with Gasteiger partial charge in [-0.15, -0.1) is 0 Å². The minimum Gasteiger partial charge on any atom is -0.394 e. The molecular weight excluding hydrogens is 206 g/mol. The fourth-order valence-corrected chi connectivity index (χ4v) is 1.46. The Hall–Kier alpha value is -1.36. The molecule has 1 rings (SSSR count). The van der Waals surface area contributed by atoms with E-state index >= 15 is 0 Å². The van der Waals surface area contributed by atoms with Gasteiger partial charge in [0.15, 0.2) is 0 Å². The first-order valence-electron chi connectivity index (χ1n) is 5.43. The molecule has 0 radical (unpaired) electrons. The second kappa shape index (κ2) is 5.12. The van der Waals surface area contributed by atoms with Crippen LogP contribution in [-0.2, 0) is 6.54 Å². The van der Waals surface area contributed by atoms with E-state index in [1.165, 1.54) is 4.90 Å². The highest BCUT2D eigenvalue weighted by Gasteiger charge is 2.20. The molecule has 1 heterocycles. The van der Waals surface area contributed by atoms with Gasteiger partial charge in [0.05, 0.1) is 18.3 Å². The van der Waals surface area contributed by atoms with Gasteiger partial charge >= 0.3 is 0 Å². The molecule has 0 aliphatic rings. The second-order valence-electron chi connectivity index (χ2n) is 3.93. The van der Waals surface area contributed by atoms with E-state index in [9.17, 15) is 4.79 Å². The van der Waals surface area contributed by atoms with Crippen molar-refractivity contribution in [3.8, 4) is 0 Å². The van der Waals surface area contributed by atoms with Crippen LogP contribution in [-0.4, -0.2) is 45.4 Å². The number of hydrogen-bond acceptors (Lipinski definition) is 3. The maximum absolute atomic E-state index is 12.1. The lowest BCUT2D eigenvalue weighted by atomic mass is 10.2. The third-order valence-electron chi connectivity index (χ3n) is 2.67. The molecule has 0 spiro atoms. The van der Waals surface area contributed by atoms with E-state index in [4.69, 9.17) is 5.11 Å². The lowest BCUT2D eigenvalue weighted by molar-refractivity contribution is 0.0670. The van der Waals surface area contributed by atoms with Crippen molar-refractivity contribution in [2.24, 2.45) is 0 Å².